The Morgan fingerprint density at radius 1 is 0.810 bits per heavy atom. The molecule has 0 aliphatic carbocycles. The second kappa shape index (κ2) is 9.88. The minimum atomic E-state index is -0.811. The minimum Gasteiger partial charge on any atom is -0.508 e. The number of rotatable bonds is 11. The summed E-state index contributed by atoms with van der Waals surface area (Å²) in [6, 6.07) is 8.43. The van der Waals surface area contributed by atoms with E-state index in [9.17, 15) is 5.11 Å². The van der Waals surface area contributed by atoms with E-state index in [0.29, 0.717) is 0 Å². The molecule has 2 nitrogen and oxygen atoms in total. The van der Waals surface area contributed by atoms with Gasteiger partial charge in [-0.3, -0.25) is 0 Å². The highest BCUT2D eigenvalue weighted by Crippen LogP contribution is 2.17. The molecule has 0 saturated carbocycles. The summed E-state index contributed by atoms with van der Waals surface area (Å²) in [4.78, 5) is 0. The standard InChI is InChI=1S/C18H32O2Si/c1-21(2,3)16-10-8-6-4-5-7-9-15-20-18-13-11-17(19)12-14-18/h11-14,19H,4-10,15-16H2,1-3H3. The van der Waals surface area contributed by atoms with E-state index in [2.05, 4.69) is 19.6 Å². The van der Waals surface area contributed by atoms with Crippen LogP contribution in [0.3, 0.4) is 0 Å². The summed E-state index contributed by atoms with van der Waals surface area (Å²) >= 11 is 0. The third kappa shape index (κ3) is 10.4. The van der Waals surface area contributed by atoms with Crippen molar-refractivity contribution in [3.05, 3.63) is 24.3 Å². The first-order chi connectivity index (χ1) is 9.97. The van der Waals surface area contributed by atoms with Crippen LogP contribution >= 0.6 is 0 Å². The SMILES string of the molecule is C[Si](C)(C)CCCCCCCCCOc1ccc(O)cc1. The average Bonchev–Trinajstić information content (AvgIpc) is 2.42. The largest absolute Gasteiger partial charge is 0.508 e. The molecule has 0 amide bonds. The van der Waals surface area contributed by atoms with E-state index in [4.69, 9.17) is 4.74 Å². The van der Waals surface area contributed by atoms with Gasteiger partial charge >= 0.3 is 0 Å². The number of unbranched alkanes of at least 4 members (excludes halogenated alkanes) is 6. The van der Waals surface area contributed by atoms with Crippen molar-refractivity contribution in [3.8, 4) is 11.5 Å². The molecule has 1 aromatic rings. The Bertz CT molecular complexity index is 368. The van der Waals surface area contributed by atoms with E-state index >= 15 is 0 Å². The number of phenols is 1. The summed E-state index contributed by atoms with van der Waals surface area (Å²) in [7, 11) is -0.811. The summed E-state index contributed by atoms with van der Waals surface area (Å²) in [5.74, 6) is 1.13. The van der Waals surface area contributed by atoms with Gasteiger partial charge in [0.1, 0.15) is 11.5 Å². The summed E-state index contributed by atoms with van der Waals surface area (Å²) in [5.41, 5.74) is 0. The molecule has 3 heteroatoms. The van der Waals surface area contributed by atoms with E-state index in [1.165, 1.54) is 44.6 Å². The molecule has 0 spiro atoms. The van der Waals surface area contributed by atoms with Crippen molar-refractivity contribution >= 4 is 8.07 Å². The Morgan fingerprint density at radius 3 is 1.90 bits per heavy atom. The lowest BCUT2D eigenvalue weighted by Gasteiger charge is -2.14. The predicted octanol–water partition coefficient (Wildman–Crippen LogP) is 5.84. The Balaban J connectivity index is 1.88. The molecular formula is C18H32O2Si. The molecule has 1 aromatic carbocycles. The number of benzene rings is 1. The lowest BCUT2D eigenvalue weighted by atomic mass is 10.1. The van der Waals surface area contributed by atoms with Crippen LogP contribution in [0.15, 0.2) is 24.3 Å². The van der Waals surface area contributed by atoms with Gasteiger partial charge in [-0.2, -0.15) is 0 Å². The number of ether oxygens (including phenoxy) is 1. The molecule has 21 heavy (non-hydrogen) atoms. The molecule has 0 radical (unpaired) electrons. The van der Waals surface area contributed by atoms with E-state index in [1.807, 2.05) is 12.1 Å². The Kier molecular flexibility index (Phi) is 8.51. The number of phenolic OH excluding ortho intramolecular Hbond substituents is 1. The normalized spacial score (nSPS) is 11.6. The molecule has 0 aliphatic heterocycles. The highest BCUT2D eigenvalue weighted by atomic mass is 28.3. The average molecular weight is 309 g/mol. The van der Waals surface area contributed by atoms with Gasteiger partial charge in [-0.1, -0.05) is 64.2 Å². The molecule has 0 bridgehead atoms. The second-order valence-corrected chi connectivity index (χ2v) is 12.7. The zero-order valence-corrected chi connectivity index (χ0v) is 15.0. The number of hydrogen-bond acceptors (Lipinski definition) is 2. The maximum atomic E-state index is 9.18. The van der Waals surface area contributed by atoms with Crippen molar-refractivity contribution in [1.29, 1.82) is 0 Å². The maximum absolute atomic E-state index is 9.18. The van der Waals surface area contributed by atoms with Crippen molar-refractivity contribution in [1.82, 2.24) is 0 Å². The molecular weight excluding hydrogens is 276 g/mol. The van der Waals surface area contributed by atoms with Crippen molar-refractivity contribution in [2.75, 3.05) is 6.61 Å². The Labute approximate surface area is 131 Å². The highest BCUT2D eigenvalue weighted by Gasteiger charge is 2.11. The molecule has 0 aromatic heterocycles. The van der Waals surface area contributed by atoms with Gasteiger partial charge < -0.3 is 9.84 Å². The third-order valence-electron chi connectivity index (χ3n) is 3.68. The molecule has 0 atom stereocenters. The molecule has 0 heterocycles. The van der Waals surface area contributed by atoms with Crippen molar-refractivity contribution in [2.24, 2.45) is 0 Å². The summed E-state index contributed by atoms with van der Waals surface area (Å²) in [5, 5.41) is 9.18. The van der Waals surface area contributed by atoms with Crippen molar-refractivity contribution in [2.45, 2.75) is 70.6 Å². The van der Waals surface area contributed by atoms with Crippen LogP contribution in [0, 0.1) is 0 Å². The van der Waals surface area contributed by atoms with Crippen molar-refractivity contribution in [3.63, 3.8) is 0 Å². The van der Waals surface area contributed by atoms with Crippen LogP contribution < -0.4 is 4.74 Å². The van der Waals surface area contributed by atoms with Crippen LogP contribution in [0.2, 0.25) is 25.7 Å². The molecule has 1 rings (SSSR count). The van der Waals surface area contributed by atoms with E-state index in [0.717, 1.165) is 18.8 Å². The quantitative estimate of drug-likeness (QED) is 0.411. The van der Waals surface area contributed by atoms with Crippen LogP contribution in [0.5, 0.6) is 11.5 Å². The number of aromatic hydroxyl groups is 1. The molecule has 0 aliphatic rings. The van der Waals surface area contributed by atoms with Gasteiger partial charge in [0.05, 0.1) is 6.61 Å². The summed E-state index contributed by atoms with van der Waals surface area (Å²) in [6.45, 7) is 8.16. The van der Waals surface area contributed by atoms with E-state index in [-0.39, 0.29) is 5.75 Å². The van der Waals surface area contributed by atoms with Gasteiger partial charge in [-0.15, -0.1) is 0 Å². The molecule has 120 valence electrons. The molecule has 1 N–H and O–H groups in total. The first-order valence-electron chi connectivity index (χ1n) is 8.39. The van der Waals surface area contributed by atoms with Crippen LogP contribution in [-0.2, 0) is 0 Å². The van der Waals surface area contributed by atoms with Crippen LogP contribution in [0.1, 0.15) is 44.9 Å². The zero-order chi connectivity index (χ0) is 15.6. The van der Waals surface area contributed by atoms with Gasteiger partial charge in [-0.25, -0.2) is 0 Å². The van der Waals surface area contributed by atoms with E-state index in [1.54, 1.807) is 12.1 Å². The third-order valence-corrected chi connectivity index (χ3v) is 5.53. The summed E-state index contributed by atoms with van der Waals surface area (Å²) < 4.78 is 5.64. The lowest BCUT2D eigenvalue weighted by Crippen LogP contribution is -2.18. The van der Waals surface area contributed by atoms with Crippen LogP contribution in [-0.4, -0.2) is 19.8 Å². The fraction of sp³-hybridized carbons (Fsp3) is 0.667. The fourth-order valence-electron chi connectivity index (χ4n) is 2.37. The smallest absolute Gasteiger partial charge is 0.119 e. The van der Waals surface area contributed by atoms with Crippen LogP contribution in [0.25, 0.3) is 0 Å². The predicted molar refractivity (Wildman–Crippen MR) is 94.1 cm³/mol. The first-order valence-corrected chi connectivity index (χ1v) is 12.1. The first kappa shape index (κ1) is 18.1. The zero-order valence-electron chi connectivity index (χ0n) is 14.0. The fourth-order valence-corrected chi connectivity index (χ4v) is 3.68. The number of hydrogen-bond donors (Lipinski definition) is 1. The minimum absolute atomic E-state index is 0.288. The van der Waals surface area contributed by atoms with Gasteiger partial charge in [0.25, 0.3) is 0 Å². The van der Waals surface area contributed by atoms with E-state index < -0.39 is 8.07 Å². The lowest BCUT2D eigenvalue weighted by molar-refractivity contribution is 0.304. The van der Waals surface area contributed by atoms with Crippen molar-refractivity contribution < 1.29 is 9.84 Å². The Morgan fingerprint density at radius 2 is 1.33 bits per heavy atom. The maximum Gasteiger partial charge on any atom is 0.119 e. The summed E-state index contributed by atoms with van der Waals surface area (Å²) in [6.07, 6.45) is 9.30. The van der Waals surface area contributed by atoms with Gasteiger partial charge in [0.2, 0.25) is 0 Å². The highest BCUT2D eigenvalue weighted by molar-refractivity contribution is 6.76. The second-order valence-electron chi connectivity index (χ2n) is 7.13. The van der Waals surface area contributed by atoms with Gasteiger partial charge in [0.15, 0.2) is 0 Å². The van der Waals surface area contributed by atoms with Gasteiger partial charge in [0, 0.05) is 8.07 Å². The topological polar surface area (TPSA) is 29.5 Å². The molecule has 0 fully saturated rings. The Hall–Kier alpha value is -0.963. The molecule has 0 unspecified atom stereocenters. The molecule has 0 saturated heterocycles. The van der Waals surface area contributed by atoms with Gasteiger partial charge in [-0.05, 0) is 30.7 Å². The van der Waals surface area contributed by atoms with Crippen LogP contribution in [0.4, 0.5) is 0 Å². The monoisotopic (exact) mass is 308 g/mol.